The number of aliphatic hydroxyl groups excluding tert-OH is 1. The highest BCUT2D eigenvalue weighted by Gasteiger charge is 2.34. The molecule has 0 atom stereocenters. The van der Waals surface area contributed by atoms with Crippen molar-refractivity contribution in [2.24, 2.45) is 0 Å². The largest absolute Gasteiger partial charge is 0.573 e. The third-order valence-corrected chi connectivity index (χ3v) is 1.72. The lowest BCUT2D eigenvalue weighted by Crippen LogP contribution is -2.22. The van der Waals surface area contributed by atoms with Crippen LogP contribution in [0.2, 0.25) is 0 Å². The van der Waals surface area contributed by atoms with Crippen molar-refractivity contribution in [1.29, 1.82) is 0 Å². The molecule has 1 heterocycles. The zero-order valence-electron chi connectivity index (χ0n) is 8.02. The van der Waals surface area contributed by atoms with E-state index in [2.05, 4.69) is 4.74 Å². The van der Waals surface area contributed by atoms with E-state index in [-0.39, 0.29) is 0 Å². The number of nitrogens with one attached hydrogen (secondary N) is 1. The number of halogens is 5. The van der Waals surface area contributed by atoms with Gasteiger partial charge in [0.25, 0.3) is 12.0 Å². The van der Waals surface area contributed by atoms with Crippen molar-refractivity contribution in [2.75, 3.05) is 0 Å². The number of ether oxygens (including phenoxy) is 1. The summed E-state index contributed by atoms with van der Waals surface area (Å²) in [7, 11) is 0. The molecule has 4 nitrogen and oxygen atoms in total. The Morgan fingerprint density at radius 1 is 1.41 bits per heavy atom. The van der Waals surface area contributed by atoms with Gasteiger partial charge in [-0.05, 0) is 6.07 Å². The third-order valence-electron chi connectivity index (χ3n) is 1.72. The van der Waals surface area contributed by atoms with Gasteiger partial charge in [0.15, 0.2) is 5.75 Å². The van der Waals surface area contributed by atoms with Crippen molar-refractivity contribution in [3.63, 3.8) is 0 Å². The summed E-state index contributed by atoms with van der Waals surface area (Å²) in [4.78, 5) is 12.5. The monoisotopic (exact) mass is 259 g/mol. The summed E-state index contributed by atoms with van der Waals surface area (Å²) in [6.07, 6.45) is -8.51. The predicted octanol–water partition coefficient (Wildman–Crippen LogP) is 1.70. The molecule has 96 valence electrons. The minimum Gasteiger partial charge on any atom is -0.404 e. The number of pyridine rings is 1. The molecular formula is C8H6F5NO3. The number of aromatic nitrogens is 1. The van der Waals surface area contributed by atoms with Crippen LogP contribution in [0.4, 0.5) is 22.0 Å². The maximum atomic E-state index is 12.3. The molecule has 2 N–H and O–H groups in total. The van der Waals surface area contributed by atoms with Crippen LogP contribution in [0.15, 0.2) is 10.9 Å². The molecule has 0 radical (unpaired) electrons. The highest BCUT2D eigenvalue weighted by atomic mass is 19.4. The topological polar surface area (TPSA) is 62.3 Å². The molecule has 0 aliphatic carbocycles. The normalized spacial score (nSPS) is 11.9. The minimum atomic E-state index is -5.17. The third kappa shape index (κ3) is 3.41. The predicted molar refractivity (Wildman–Crippen MR) is 44.6 cm³/mol. The summed E-state index contributed by atoms with van der Waals surface area (Å²) >= 11 is 0. The average molecular weight is 259 g/mol. The molecule has 1 rings (SSSR count). The minimum absolute atomic E-state index is 0.424. The van der Waals surface area contributed by atoms with Gasteiger partial charge in [0.2, 0.25) is 0 Å². The molecule has 0 aliphatic heterocycles. The van der Waals surface area contributed by atoms with Crippen molar-refractivity contribution < 1.29 is 31.8 Å². The van der Waals surface area contributed by atoms with Gasteiger partial charge in [-0.25, -0.2) is 8.78 Å². The Labute approximate surface area is 90.6 Å². The van der Waals surface area contributed by atoms with Gasteiger partial charge in [0.05, 0.1) is 6.61 Å². The zero-order chi connectivity index (χ0) is 13.2. The van der Waals surface area contributed by atoms with Crippen LogP contribution in [0.5, 0.6) is 5.75 Å². The van der Waals surface area contributed by atoms with Crippen molar-refractivity contribution >= 4 is 0 Å². The molecule has 17 heavy (non-hydrogen) atoms. The maximum Gasteiger partial charge on any atom is 0.573 e. The number of hydrogen-bond donors (Lipinski definition) is 2. The lowest BCUT2D eigenvalue weighted by molar-refractivity contribution is -0.275. The van der Waals surface area contributed by atoms with Gasteiger partial charge in [-0.2, -0.15) is 0 Å². The van der Waals surface area contributed by atoms with E-state index in [0.717, 1.165) is 0 Å². The summed E-state index contributed by atoms with van der Waals surface area (Å²) in [6.45, 7) is -0.896. The lowest BCUT2D eigenvalue weighted by atomic mass is 10.2. The van der Waals surface area contributed by atoms with Crippen LogP contribution in [0.3, 0.4) is 0 Å². The molecule has 0 unspecified atom stereocenters. The molecule has 0 bridgehead atoms. The lowest BCUT2D eigenvalue weighted by Gasteiger charge is -2.13. The first kappa shape index (κ1) is 13.4. The zero-order valence-corrected chi connectivity index (χ0v) is 8.02. The molecule has 0 saturated carbocycles. The molecule has 1 aromatic heterocycles. The standard InChI is InChI=1S/C8H6F5NO3/c9-6(10)5-4(17-8(11,12)13)1-3(2-15)7(16)14-5/h1,6,15H,2H2,(H,14,16). The first-order chi connectivity index (χ1) is 7.74. The van der Waals surface area contributed by atoms with Crippen molar-refractivity contribution in [1.82, 2.24) is 4.98 Å². The van der Waals surface area contributed by atoms with Crippen LogP contribution < -0.4 is 10.3 Å². The molecule has 1 aromatic rings. The van der Waals surface area contributed by atoms with E-state index in [9.17, 15) is 26.7 Å². The Bertz CT molecular complexity index is 453. The Hall–Kier alpha value is -1.64. The Balaban J connectivity index is 3.29. The Morgan fingerprint density at radius 2 is 2.00 bits per heavy atom. The quantitative estimate of drug-likeness (QED) is 0.812. The van der Waals surface area contributed by atoms with Crippen molar-refractivity contribution in [2.45, 2.75) is 19.4 Å². The number of alkyl halides is 5. The van der Waals surface area contributed by atoms with Gasteiger partial charge in [0.1, 0.15) is 5.69 Å². The van der Waals surface area contributed by atoms with Crippen LogP contribution >= 0.6 is 0 Å². The molecule has 9 heteroatoms. The van der Waals surface area contributed by atoms with Crippen LogP contribution in [-0.4, -0.2) is 16.5 Å². The van der Waals surface area contributed by atoms with Gasteiger partial charge in [-0.3, -0.25) is 4.79 Å². The number of H-pyrrole nitrogens is 1. The molecule has 0 spiro atoms. The van der Waals surface area contributed by atoms with Gasteiger partial charge < -0.3 is 14.8 Å². The Kier molecular flexibility index (Phi) is 3.71. The van der Waals surface area contributed by atoms with E-state index < -0.39 is 42.0 Å². The van der Waals surface area contributed by atoms with Crippen LogP contribution in [0.25, 0.3) is 0 Å². The average Bonchev–Trinajstić information content (AvgIpc) is 2.17. The van der Waals surface area contributed by atoms with Crippen LogP contribution in [0.1, 0.15) is 17.7 Å². The van der Waals surface area contributed by atoms with E-state index in [1.165, 1.54) is 4.98 Å². The SMILES string of the molecule is O=c1[nH]c(C(F)F)c(OC(F)(F)F)cc1CO. The highest BCUT2D eigenvalue weighted by Crippen LogP contribution is 2.30. The molecule has 0 aromatic carbocycles. The van der Waals surface area contributed by atoms with Gasteiger partial charge >= 0.3 is 6.36 Å². The van der Waals surface area contributed by atoms with Crippen molar-refractivity contribution in [3.8, 4) is 5.75 Å². The number of aromatic amines is 1. The van der Waals surface area contributed by atoms with Gasteiger partial charge in [-0.1, -0.05) is 0 Å². The molecule has 0 fully saturated rings. The summed E-state index contributed by atoms with van der Waals surface area (Å²) in [6, 6.07) is 0.424. The second-order valence-corrected chi connectivity index (χ2v) is 2.91. The fourth-order valence-corrected chi connectivity index (χ4v) is 1.05. The van der Waals surface area contributed by atoms with E-state index in [1.54, 1.807) is 0 Å². The van der Waals surface area contributed by atoms with Gasteiger partial charge in [-0.15, -0.1) is 13.2 Å². The highest BCUT2D eigenvalue weighted by molar-refractivity contribution is 5.32. The van der Waals surface area contributed by atoms with E-state index in [1.807, 2.05) is 0 Å². The van der Waals surface area contributed by atoms with Crippen molar-refractivity contribution in [3.05, 3.63) is 27.7 Å². The number of hydrogen-bond acceptors (Lipinski definition) is 3. The fourth-order valence-electron chi connectivity index (χ4n) is 1.05. The second kappa shape index (κ2) is 4.70. The van der Waals surface area contributed by atoms with E-state index in [4.69, 9.17) is 5.11 Å². The van der Waals surface area contributed by atoms with Gasteiger partial charge in [0, 0.05) is 5.56 Å². The van der Waals surface area contributed by atoms with Crippen LogP contribution in [-0.2, 0) is 6.61 Å². The van der Waals surface area contributed by atoms with E-state index in [0.29, 0.717) is 6.07 Å². The molecule has 0 aliphatic rings. The summed E-state index contributed by atoms with van der Waals surface area (Å²) < 4.78 is 63.7. The first-order valence-corrected chi connectivity index (χ1v) is 4.15. The molecular weight excluding hydrogens is 253 g/mol. The first-order valence-electron chi connectivity index (χ1n) is 4.15. The summed E-state index contributed by atoms with van der Waals surface area (Å²) in [5.41, 5.74) is -2.89. The Morgan fingerprint density at radius 3 is 2.41 bits per heavy atom. The summed E-state index contributed by atoms with van der Waals surface area (Å²) in [5.74, 6) is -1.24. The summed E-state index contributed by atoms with van der Waals surface area (Å²) in [5, 5.41) is 8.63. The van der Waals surface area contributed by atoms with E-state index >= 15 is 0 Å². The smallest absolute Gasteiger partial charge is 0.404 e. The number of rotatable bonds is 3. The molecule has 0 amide bonds. The fraction of sp³-hybridized carbons (Fsp3) is 0.375. The maximum absolute atomic E-state index is 12.3. The van der Waals surface area contributed by atoms with Crippen LogP contribution in [0, 0.1) is 0 Å². The molecule has 0 saturated heterocycles. The number of aliphatic hydroxyl groups is 1. The second-order valence-electron chi connectivity index (χ2n) is 2.91.